The summed E-state index contributed by atoms with van der Waals surface area (Å²) in [7, 11) is -4.09. The van der Waals surface area contributed by atoms with Crippen LogP contribution in [-0.4, -0.2) is 34.1 Å². The van der Waals surface area contributed by atoms with E-state index in [4.69, 9.17) is 34.8 Å². The Balaban J connectivity index is 2.16. The minimum absolute atomic E-state index is 0.115. The van der Waals surface area contributed by atoms with Crippen molar-refractivity contribution >= 4 is 50.8 Å². The smallest absolute Gasteiger partial charge is 0.258 e. The van der Waals surface area contributed by atoms with Crippen molar-refractivity contribution in [2.24, 2.45) is 0 Å². The summed E-state index contributed by atoms with van der Waals surface area (Å²) >= 11 is 16.4. The van der Waals surface area contributed by atoms with Crippen LogP contribution in [0.15, 0.2) is 24.3 Å². The number of hydrogen-bond donors (Lipinski definition) is 0. The number of nitro benzene ring substituents is 1. The van der Waals surface area contributed by atoms with Gasteiger partial charge >= 0.3 is 10.3 Å². The zero-order valence-corrected chi connectivity index (χ0v) is 14.2. The first kappa shape index (κ1) is 17.7. The molecule has 22 heavy (non-hydrogen) atoms. The molecule has 3 unspecified atom stereocenters. The molecule has 122 valence electrons. The van der Waals surface area contributed by atoms with Crippen LogP contribution in [0.3, 0.4) is 0 Å². The minimum atomic E-state index is -4.09. The maximum Gasteiger partial charge on any atom is 0.339 e. The first-order valence-electron chi connectivity index (χ1n) is 6.02. The highest BCUT2D eigenvalue weighted by molar-refractivity contribution is 7.84. The monoisotopic (exact) mass is 388 g/mol. The van der Waals surface area contributed by atoms with Gasteiger partial charge in [0.1, 0.15) is 6.61 Å². The predicted octanol–water partition coefficient (Wildman–Crippen LogP) is 2.97. The highest BCUT2D eigenvalue weighted by Gasteiger charge is 2.54. The van der Waals surface area contributed by atoms with E-state index in [1.165, 1.54) is 18.2 Å². The van der Waals surface area contributed by atoms with Crippen LogP contribution in [0.4, 0.5) is 5.69 Å². The Morgan fingerprint density at radius 3 is 2.59 bits per heavy atom. The predicted molar refractivity (Wildman–Crippen MR) is 82.3 cm³/mol. The molecular weight excluding hydrogens is 379 g/mol. The number of nitrogens with zero attached hydrogens (tertiary/aromatic N) is 2. The van der Waals surface area contributed by atoms with Crippen LogP contribution < -0.4 is 0 Å². The van der Waals surface area contributed by atoms with E-state index >= 15 is 0 Å². The van der Waals surface area contributed by atoms with Gasteiger partial charge in [-0.25, -0.2) is 0 Å². The summed E-state index contributed by atoms with van der Waals surface area (Å²) in [5.74, 6) is 0. The SMILES string of the molecule is CC1C(c2cccc([N+](=O)[O-])c2)N1S(=O)(=O)OCC(Cl)(Cl)Cl. The summed E-state index contributed by atoms with van der Waals surface area (Å²) in [4.78, 5) is 10.2. The van der Waals surface area contributed by atoms with E-state index in [0.717, 1.165) is 4.31 Å². The topological polar surface area (TPSA) is 89.5 Å². The number of halogens is 3. The van der Waals surface area contributed by atoms with Gasteiger partial charge in [-0.3, -0.25) is 14.3 Å². The molecule has 0 amide bonds. The average Bonchev–Trinajstić information content (AvgIpc) is 3.09. The Labute approximate surface area is 142 Å². The average molecular weight is 390 g/mol. The van der Waals surface area contributed by atoms with Crippen molar-refractivity contribution in [2.45, 2.75) is 22.8 Å². The fourth-order valence-corrected chi connectivity index (χ4v) is 3.96. The molecule has 1 aliphatic heterocycles. The molecule has 11 heteroatoms. The lowest BCUT2D eigenvalue weighted by atomic mass is 10.1. The highest BCUT2D eigenvalue weighted by atomic mass is 35.6. The van der Waals surface area contributed by atoms with Gasteiger partial charge in [-0.1, -0.05) is 46.9 Å². The van der Waals surface area contributed by atoms with E-state index < -0.39 is 37.7 Å². The molecular formula is C11H11Cl3N2O5S. The number of nitro groups is 1. The lowest BCUT2D eigenvalue weighted by Gasteiger charge is -2.12. The van der Waals surface area contributed by atoms with Crippen molar-refractivity contribution in [3.05, 3.63) is 39.9 Å². The van der Waals surface area contributed by atoms with E-state index in [-0.39, 0.29) is 5.69 Å². The number of hydrogen-bond acceptors (Lipinski definition) is 5. The second kappa shape index (κ2) is 6.10. The zero-order valence-electron chi connectivity index (χ0n) is 11.1. The molecule has 3 atom stereocenters. The van der Waals surface area contributed by atoms with Gasteiger partial charge in [0.2, 0.25) is 3.79 Å². The summed E-state index contributed by atoms with van der Waals surface area (Å²) in [5, 5.41) is 10.8. The van der Waals surface area contributed by atoms with Gasteiger partial charge in [0.25, 0.3) is 5.69 Å². The number of non-ortho nitro benzene ring substituents is 1. The molecule has 0 spiro atoms. The van der Waals surface area contributed by atoms with Crippen molar-refractivity contribution in [3.8, 4) is 0 Å². The molecule has 0 saturated carbocycles. The molecule has 1 aromatic rings. The Hall–Kier alpha value is -0.640. The molecule has 0 aliphatic carbocycles. The quantitative estimate of drug-likeness (QED) is 0.334. The van der Waals surface area contributed by atoms with Crippen LogP contribution >= 0.6 is 34.8 Å². The molecule has 1 saturated heterocycles. The van der Waals surface area contributed by atoms with Gasteiger partial charge in [-0.05, 0) is 12.5 Å². The van der Waals surface area contributed by atoms with Crippen LogP contribution in [-0.2, 0) is 14.5 Å². The normalized spacial score (nSPS) is 25.0. The Kier molecular flexibility index (Phi) is 4.91. The lowest BCUT2D eigenvalue weighted by Crippen LogP contribution is -2.23. The molecule has 1 fully saturated rings. The second-order valence-electron chi connectivity index (χ2n) is 4.70. The largest absolute Gasteiger partial charge is 0.339 e. The molecule has 0 bridgehead atoms. The van der Waals surface area contributed by atoms with Crippen LogP contribution in [0.1, 0.15) is 18.5 Å². The van der Waals surface area contributed by atoms with Gasteiger partial charge < -0.3 is 0 Å². The summed E-state index contributed by atoms with van der Waals surface area (Å²) in [6.07, 6.45) is 0. The van der Waals surface area contributed by atoms with E-state index in [0.29, 0.717) is 5.56 Å². The molecule has 1 aliphatic rings. The summed E-state index contributed by atoms with van der Waals surface area (Å²) in [6, 6.07) is 4.81. The van der Waals surface area contributed by atoms with Gasteiger partial charge in [0, 0.05) is 18.2 Å². The standard InChI is InChI=1S/C11H11Cl3N2O5S/c1-7-10(8-3-2-4-9(5-8)16(17)18)15(7)22(19,20)21-6-11(12,13)14/h2-5,7,10H,6H2,1H3. The molecule has 0 N–H and O–H groups in total. The molecule has 2 rings (SSSR count). The summed E-state index contributed by atoms with van der Waals surface area (Å²) in [6.45, 7) is 1.03. The van der Waals surface area contributed by atoms with Crippen molar-refractivity contribution in [1.82, 2.24) is 4.31 Å². The molecule has 0 radical (unpaired) electrons. The van der Waals surface area contributed by atoms with Crippen LogP contribution in [0.5, 0.6) is 0 Å². The molecule has 0 aromatic heterocycles. The third-order valence-corrected chi connectivity index (χ3v) is 4.91. The Morgan fingerprint density at radius 2 is 2.05 bits per heavy atom. The number of alkyl halides is 3. The Morgan fingerprint density at radius 1 is 1.41 bits per heavy atom. The number of benzene rings is 1. The maximum atomic E-state index is 12.0. The van der Waals surface area contributed by atoms with Gasteiger partial charge in [0.05, 0.1) is 11.0 Å². The third kappa shape index (κ3) is 4.01. The van der Waals surface area contributed by atoms with Gasteiger partial charge in [0.15, 0.2) is 0 Å². The van der Waals surface area contributed by atoms with Crippen molar-refractivity contribution in [2.75, 3.05) is 6.61 Å². The van der Waals surface area contributed by atoms with E-state index in [9.17, 15) is 18.5 Å². The second-order valence-corrected chi connectivity index (χ2v) is 8.73. The van der Waals surface area contributed by atoms with Crippen LogP contribution in [0, 0.1) is 10.1 Å². The maximum absolute atomic E-state index is 12.0. The minimum Gasteiger partial charge on any atom is -0.258 e. The third-order valence-electron chi connectivity index (χ3n) is 3.10. The summed E-state index contributed by atoms with van der Waals surface area (Å²) in [5.41, 5.74) is 0.388. The van der Waals surface area contributed by atoms with E-state index in [1.807, 2.05) is 0 Å². The fraction of sp³-hybridized carbons (Fsp3) is 0.455. The van der Waals surface area contributed by atoms with Crippen molar-refractivity contribution in [1.29, 1.82) is 0 Å². The molecule has 7 nitrogen and oxygen atoms in total. The van der Waals surface area contributed by atoms with Crippen LogP contribution in [0.2, 0.25) is 0 Å². The molecule has 1 heterocycles. The van der Waals surface area contributed by atoms with E-state index in [2.05, 4.69) is 4.18 Å². The first-order valence-corrected chi connectivity index (χ1v) is 8.52. The first-order chi connectivity index (χ1) is 10.0. The fourth-order valence-electron chi connectivity index (χ4n) is 2.11. The Bertz CT molecular complexity index is 691. The zero-order chi connectivity index (χ0) is 16.7. The van der Waals surface area contributed by atoms with Crippen molar-refractivity contribution < 1.29 is 17.5 Å². The van der Waals surface area contributed by atoms with Gasteiger partial charge in [-0.15, -0.1) is 0 Å². The van der Waals surface area contributed by atoms with E-state index in [1.54, 1.807) is 13.0 Å². The highest BCUT2D eigenvalue weighted by Crippen LogP contribution is 2.46. The van der Waals surface area contributed by atoms with Crippen LogP contribution in [0.25, 0.3) is 0 Å². The number of rotatable bonds is 5. The van der Waals surface area contributed by atoms with Crippen molar-refractivity contribution in [3.63, 3.8) is 0 Å². The lowest BCUT2D eigenvalue weighted by molar-refractivity contribution is -0.384. The summed E-state index contributed by atoms with van der Waals surface area (Å²) < 4.78 is 28.0. The van der Waals surface area contributed by atoms with Gasteiger partial charge in [-0.2, -0.15) is 12.7 Å². The molecule has 1 aromatic carbocycles.